The van der Waals surface area contributed by atoms with Gasteiger partial charge in [0, 0.05) is 33.7 Å². The molecule has 0 atom stereocenters. The van der Waals surface area contributed by atoms with Gasteiger partial charge in [-0.05, 0) is 43.3 Å². The van der Waals surface area contributed by atoms with Crippen molar-refractivity contribution < 1.29 is 4.79 Å². The summed E-state index contributed by atoms with van der Waals surface area (Å²) >= 11 is 4.85. The first-order chi connectivity index (χ1) is 14.1. The number of hydrogen-bond acceptors (Lipinski definition) is 5. The highest BCUT2D eigenvalue weighted by Crippen LogP contribution is 2.28. The zero-order valence-corrected chi connectivity index (χ0v) is 18.0. The van der Waals surface area contributed by atoms with Crippen molar-refractivity contribution in [3.63, 3.8) is 0 Å². The number of carbonyl (C=O) groups excluding carboxylic acids is 1. The molecular formula is C22H17BrN4OS. The number of benzene rings is 2. The van der Waals surface area contributed by atoms with Crippen molar-refractivity contribution in [2.45, 2.75) is 12.1 Å². The molecule has 4 aromatic rings. The standard InChI is InChI=1S/C22H17BrN4OS/c1-15-2-4-16(5-3-15)20(28)14-29-22-26-25-21(17-10-12-24-13-11-17)27(22)19-8-6-18(23)7-9-19/h2-13H,14H2,1H3. The van der Waals surface area contributed by atoms with Gasteiger partial charge in [0.05, 0.1) is 5.75 Å². The van der Waals surface area contributed by atoms with Gasteiger partial charge < -0.3 is 0 Å². The molecule has 7 heteroatoms. The zero-order valence-electron chi connectivity index (χ0n) is 15.6. The Morgan fingerprint density at radius 1 is 0.966 bits per heavy atom. The van der Waals surface area contributed by atoms with Crippen molar-refractivity contribution in [2.75, 3.05) is 5.75 Å². The summed E-state index contributed by atoms with van der Waals surface area (Å²) < 4.78 is 2.96. The largest absolute Gasteiger partial charge is 0.293 e. The second kappa shape index (κ2) is 8.71. The van der Waals surface area contributed by atoms with Crippen LogP contribution in [0.1, 0.15) is 15.9 Å². The van der Waals surface area contributed by atoms with E-state index < -0.39 is 0 Å². The fourth-order valence-electron chi connectivity index (χ4n) is 2.83. The zero-order chi connectivity index (χ0) is 20.2. The van der Waals surface area contributed by atoms with E-state index in [1.165, 1.54) is 11.8 Å². The minimum Gasteiger partial charge on any atom is -0.293 e. The Kier molecular flexibility index (Phi) is 5.87. The van der Waals surface area contributed by atoms with Crippen LogP contribution in [0.3, 0.4) is 0 Å². The summed E-state index contributed by atoms with van der Waals surface area (Å²) in [6, 6.07) is 19.3. The summed E-state index contributed by atoms with van der Waals surface area (Å²) in [6.45, 7) is 2.00. The first kappa shape index (κ1) is 19.5. The number of pyridine rings is 1. The second-order valence-corrected chi connectivity index (χ2v) is 8.29. The lowest BCUT2D eigenvalue weighted by molar-refractivity contribution is 0.102. The minimum absolute atomic E-state index is 0.0609. The van der Waals surface area contributed by atoms with Gasteiger partial charge in [-0.25, -0.2) is 0 Å². The molecule has 0 spiro atoms. The lowest BCUT2D eigenvalue weighted by atomic mass is 10.1. The van der Waals surface area contributed by atoms with Crippen molar-refractivity contribution in [2.24, 2.45) is 0 Å². The fraction of sp³-hybridized carbons (Fsp3) is 0.0909. The van der Waals surface area contributed by atoms with Crippen molar-refractivity contribution in [3.8, 4) is 17.1 Å². The number of nitrogens with zero attached hydrogens (tertiary/aromatic N) is 4. The molecule has 0 radical (unpaired) electrons. The Bertz CT molecular complexity index is 1130. The third-order valence-electron chi connectivity index (χ3n) is 4.36. The quantitative estimate of drug-likeness (QED) is 0.283. The molecule has 0 saturated carbocycles. The molecule has 0 aliphatic heterocycles. The maximum atomic E-state index is 12.6. The van der Waals surface area contributed by atoms with E-state index in [0.717, 1.165) is 21.3 Å². The maximum Gasteiger partial charge on any atom is 0.196 e. The van der Waals surface area contributed by atoms with E-state index in [1.807, 2.05) is 72.2 Å². The van der Waals surface area contributed by atoms with Gasteiger partial charge in [0.2, 0.25) is 0 Å². The molecule has 144 valence electrons. The van der Waals surface area contributed by atoms with E-state index in [9.17, 15) is 4.79 Å². The highest BCUT2D eigenvalue weighted by Gasteiger charge is 2.17. The average molecular weight is 465 g/mol. The first-order valence-corrected chi connectivity index (χ1v) is 10.7. The van der Waals surface area contributed by atoms with Crippen LogP contribution in [0.25, 0.3) is 17.1 Å². The molecule has 2 aromatic heterocycles. The SMILES string of the molecule is Cc1ccc(C(=O)CSc2nnc(-c3ccncc3)n2-c2ccc(Br)cc2)cc1. The summed E-state index contributed by atoms with van der Waals surface area (Å²) in [4.78, 5) is 16.7. The van der Waals surface area contributed by atoms with E-state index in [2.05, 4.69) is 31.1 Å². The Balaban J connectivity index is 1.66. The smallest absolute Gasteiger partial charge is 0.196 e. The molecule has 0 N–H and O–H groups in total. The van der Waals surface area contributed by atoms with Gasteiger partial charge in [-0.2, -0.15) is 0 Å². The molecule has 0 amide bonds. The van der Waals surface area contributed by atoms with Gasteiger partial charge in [0.25, 0.3) is 0 Å². The van der Waals surface area contributed by atoms with Crippen LogP contribution in [-0.4, -0.2) is 31.3 Å². The molecule has 0 aliphatic carbocycles. The molecule has 2 heterocycles. The van der Waals surface area contributed by atoms with Gasteiger partial charge >= 0.3 is 0 Å². The Morgan fingerprint density at radius 2 is 1.66 bits per heavy atom. The van der Waals surface area contributed by atoms with Crippen LogP contribution < -0.4 is 0 Å². The number of halogens is 1. The number of hydrogen-bond donors (Lipinski definition) is 0. The van der Waals surface area contributed by atoms with Gasteiger partial charge in [-0.3, -0.25) is 14.3 Å². The van der Waals surface area contributed by atoms with Crippen LogP contribution >= 0.6 is 27.7 Å². The summed E-state index contributed by atoms with van der Waals surface area (Å²) in [6.07, 6.45) is 3.45. The highest BCUT2D eigenvalue weighted by atomic mass is 79.9. The third kappa shape index (κ3) is 4.46. The minimum atomic E-state index is 0.0609. The lowest BCUT2D eigenvalue weighted by Gasteiger charge is -2.10. The lowest BCUT2D eigenvalue weighted by Crippen LogP contribution is -2.05. The summed E-state index contributed by atoms with van der Waals surface area (Å²) in [5, 5.41) is 9.42. The van der Waals surface area contributed by atoms with Crippen LogP contribution in [-0.2, 0) is 0 Å². The Hall–Kier alpha value is -2.77. The summed E-state index contributed by atoms with van der Waals surface area (Å²) in [7, 11) is 0. The van der Waals surface area contributed by atoms with Crippen LogP contribution in [0, 0.1) is 6.92 Å². The molecule has 0 unspecified atom stereocenters. The second-order valence-electron chi connectivity index (χ2n) is 6.43. The van der Waals surface area contributed by atoms with E-state index in [-0.39, 0.29) is 11.5 Å². The molecule has 2 aromatic carbocycles. The van der Waals surface area contributed by atoms with Gasteiger partial charge in [0.1, 0.15) is 0 Å². The van der Waals surface area contributed by atoms with E-state index in [4.69, 9.17) is 0 Å². The van der Waals surface area contributed by atoms with Gasteiger partial charge in [0.15, 0.2) is 16.8 Å². The summed E-state index contributed by atoms with van der Waals surface area (Å²) in [5.74, 6) is 1.06. The van der Waals surface area contributed by atoms with E-state index in [1.54, 1.807) is 12.4 Å². The number of aromatic nitrogens is 4. The molecule has 0 bridgehead atoms. The molecule has 29 heavy (non-hydrogen) atoms. The van der Waals surface area contributed by atoms with Crippen LogP contribution in [0.5, 0.6) is 0 Å². The van der Waals surface area contributed by atoms with Crippen LogP contribution in [0.4, 0.5) is 0 Å². The molecule has 0 fully saturated rings. The normalized spacial score (nSPS) is 10.8. The van der Waals surface area contributed by atoms with E-state index in [0.29, 0.717) is 16.5 Å². The predicted molar refractivity (Wildman–Crippen MR) is 119 cm³/mol. The molecule has 0 saturated heterocycles. The number of ketones is 1. The number of thioether (sulfide) groups is 1. The summed E-state index contributed by atoms with van der Waals surface area (Å²) in [5.41, 5.74) is 3.67. The first-order valence-electron chi connectivity index (χ1n) is 8.96. The Labute approximate surface area is 181 Å². The van der Waals surface area contributed by atoms with Crippen LogP contribution in [0.15, 0.2) is 82.7 Å². The molecular weight excluding hydrogens is 448 g/mol. The van der Waals surface area contributed by atoms with Gasteiger partial charge in [-0.1, -0.05) is 57.5 Å². The fourth-order valence-corrected chi connectivity index (χ4v) is 3.94. The maximum absolute atomic E-state index is 12.6. The number of aryl methyl sites for hydroxylation is 1. The van der Waals surface area contributed by atoms with Crippen LogP contribution in [0.2, 0.25) is 0 Å². The number of rotatable bonds is 6. The average Bonchev–Trinajstić information content (AvgIpc) is 3.17. The van der Waals surface area contributed by atoms with Gasteiger partial charge in [-0.15, -0.1) is 10.2 Å². The monoisotopic (exact) mass is 464 g/mol. The number of Topliss-reactive ketones (excluding diaryl/α,β-unsaturated/α-hetero) is 1. The van der Waals surface area contributed by atoms with Crippen molar-refractivity contribution in [1.29, 1.82) is 0 Å². The molecule has 0 aliphatic rings. The van der Waals surface area contributed by atoms with Crippen molar-refractivity contribution >= 4 is 33.5 Å². The highest BCUT2D eigenvalue weighted by molar-refractivity contribution is 9.10. The van der Waals surface area contributed by atoms with Crippen molar-refractivity contribution in [3.05, 3.63) is 88.7 Å². The molecule has 5 nitrogen and oxygen atoms in total. The number of carbonyl (C=O) groups is 1. The predicted octanol–water partition coefficient (Wildman–Crippen LogP) is 5.38. The Morgan fingerprint density at radius 3 is 2.34 bits per heavy atom. The third-order valence-corrected chi connectivity index (χ3v) is 5.82. The molecule has 4 rings (SSSR count). The topological polar surface area (TPSA) is 60.7 Å². The van der Waals surface area contributed by atoms with E-state index >= 15 is 0 Å². The van der Waals surface area contributed by atoms with Crippen molar-refractivity contribution in [1.82, 2.24) is 19.7 Å².